The lowest BCUT2D eigenvalue weighted by Crippen LogP contribution is -2.45. The third-order valence-electron chi connectivity index (χ3n) is 4.91. The molecule has 7 nitrogen and oxygen atoms in total. The summed E-state index contributed by atoms with van der Waals surface area (Å²) in [6, 6.07) is 9.76. The Morgan fingerprint density at radius 1 is 1.16 bits per heavy atom. The fourth-order valence-corrected chi connectivity index (χ4v) is 3.71. The van der Waals surface area contributed by atoms with Gasteiger partial charge in [-0.3, -0.25) is 4.79 Å². The Hall–Kier alpha value is -3.10. The molecule has 162 valence electrons. The number of carbonyl (C=O) groups is 2. The monoisotopic (exact) mass is 459 g/mol. The third-order valence-corrected chi connectivity index (χ3v) is 5.37. The fourth-order valence-electron chi connectivity index (χ4n) is 3.26. The number of aryl methyl sites for hydroxylation is 2. The summed E-state index contributed by atoms with van der Waals surface area (Å²) < 4.78 is 5.44. The highest BCUT2D eigenvalue weighted by atomic mass is 35.5. The van der Waals surface area contributed by atoms with Gasteiger partial charge in [-0.05, 0) is 74.4 Å². The van der Waals surface area contributed by atoms with E-state index in [1.54, 1.807) is 25.1 Å². The molecule has 0 fully saturated rings. The average molecular weight is 460 g/mol. The van der Waals surface area contributed by atoms with Crippen LogP contribution in [0.1, 0.15) is 29.7 Å². The molecule has 1 aliphatic heterocycles. The average Bonchev–Trinajstić information content (AvgIpc) is 2.69. The maximum atomic E-state index is 13.3. The number of anilines is 1. The number of carboxylic acid groups (broad SMARTS) is 1. The van der Waals surface area contributed by atoms with Crippen molar-refractivity contribution >= 4 is 46.5 Å². The van der Waals surface area contributed by atoms with E-state index in [4.69, 9.17) is 33.7 Å². The molecule has 2 aromatic carbocycles. The van der Waals surface area contributed by atoms with Gasteiger partial charge in [-0.25, -0.2) is 4.79 Å². The lowest BCUT2D eigenvalue weighted by atomic mass is 9.94. The molecule has 31 heavy (non-hydrogen) atoms. The number of benzene rings is 2. The first-order valence-electron chi connectivity index (χ1n) is 9.46. The second kappa shape index (κ2) is 9.36. The van der Waals surface area contributed by atoms with Crippen LogP contribution in [0.5, 0.6) is 5.75 Å². The van der Waals surface area contributed by atoms with Gasteiger partial charge in [0.1, 0.15) is 5.75 Å². The SMILES string of the molecule is CC1=C(C(=O)Nc2ccc(C)c(C)c2)[C@H](c2cc(Cl)ccc2OCC(=O)O)NC(=S)N1. The first-order valence-corrected chi connectivity index (χ1v) is 10.2. The highest BCUT2D eigenvalue weighted by molar-refractivity contribution is 7.80. The Bertz CT molecular complexity index is 1100. The summed E-state index contributed by atoms with van der Waals surface area (Å²) >= 11 is 11.5. The van der Waals surface area contributed by atoms with E-state index in [0.29, 0.717) is 38.4 Å². The van der Waals surface area contributed by atoms with Crippen LogP contribution in [0, 0.1) is 13.8 Å². The van der Waals surface area contributed by atoms with E-state index in [1.807, 2.05) is 32.0 Å². The number of rotatable bonds is 6. The van der Waals surface area contributed by atoms with Gasteiger partial charge in [0.05, 0.1) is 11.6 Å². The number of carboxylic acids is 1. The molecular formula is C22H22ClN3O4S. The number of nitrogens with one attached hydrogen (secondary N) is 3. The van der Waals surface area contributed by atoms with Gasteiger partial charge in [0.2, 0.25) is 0 Å². The van der Waals surface area contributed by atoms with Crippen LogP contribution in [0.3, 0.4) is 0 Å². The van der Waals surface area contributed by atoms with Crippen molar-refractivity contribution in [1.82, 2.24) is 10.6 Å². The van der Waals surface area contributed by atoms with Crippen molar-refractivity contribution in [1.29, 1.82) is 0 Å². The number of ether oxygens (including phenoxy) is 1. The predicted molar refractivity (Wildman–Crippen MR) is 123 cm³/mol. The number of amides is 1. The van der Waals surface area contributed by atoms with Crippen LogP contribution < -0.4 is 20.7 Å². The van der Waals surface area contributed by atoms with Crippen molar-refractivity contribution in [3.8, 4) is 5.75 Å². The molecule has 0 radical (unpaired) electrons. The van der Waals surface area contributed by atoms with Gasteiger partial charge in [-0.15, -0.1) is 0 Å². The molecule has 0 aromatic heterocycles. The minimum atomic E-state index is -1.12. The summed E-state index contributed by atoms with van der Waals surface area (Å²) in [6.45, 7) is 5.19. The molecule has 2 aromatic rings. The summed E-state index contributed by atoms with van der Waals surface area (Å²) in [4.78, 5) is 24.3. The standard InChI is InChI=1S/C22H22ClN3O4S/c1-11-4-6-15(8-12(11)2)25-21(29)19-13(3)24-22(31)26-20(19)16-9-14(23)5-7-17(16)30-10-18(27)28/h4-9,20H,10H2,1-3H3,(H,25,29)(H,27,28)(H2,24,26,31)/t20-/m0/s1. The quantitative estimate of drug-likeness (QED) is 0.487. The number of thiocarbonyl (C=S) groups is 1. The number of hydrogen-bond acceptors (Lipinski definition) is 4. The number of aliphatic carboxylic acids is 1. The van der Waals surface area contributed by atoms with Crippen molar-refractivity contribution < 1.29 is 19.4 Å². The number of halogens is 1. The van der Waals surface area contributed by atoms with Crippen molar-refractivity contribution in [2.75, 3.05) is 11.9 Å². The predicted octanol–water partition coefficient (Wildman–Crippen LogP) is 3.85. The zero-order valence-electron chi connectivity index (χ0n) is 17.2. The molecule has 0 bridgehead atoms. The van der Waals surface area contributed by atoms with Crippen LogP contribution in [0.15, 0.2) is 47.7 Å². The molecular weight excluding hydrogens is 438 g/mol. The molecule has 0 saturated carbocycles. The maximum Gasteiger partial charge on any atom is 0.341 e. The van der Waals surface area contributed by atoms with Crippen molar-refractivity contribution in [2.24, 2.45) is 0 Å². The molecule has 1 amide bonds. The largest absolute Gasteiger partial charge is 0.482 e. The second-order valence-electron chi connectivity index (χ2n) is 7.19. The van der Waals surface area contributed by atoms with Gasteiger partial charge in [0.25, 0.3) is 5.91 Å². The van der Waals surface area contributed by atoms with Crippen molar-refractivity contribution in [3.63, 3.8) is 0 Å². The van der Waals surface area contributed by atoms with Gasteiger partial charge in [0, 0.05) is 22.0 Å². The van der Waals surface area contributed by atoms with E-state index in [9.17, 15) is 9.59 Å². The van der Waals surface area contributed by atoms with E-state index in [2.05, 4.69) is 16.0 Å². The molecule has 0 aliphatic carbocycles. The van der Waals surface area contributed by atoms with Crippen molar-refractivity contribution in [3.05, 3.63) is 69.4 Å². The number of carbonyl (C=O) groups excluding carboxylic acids is 1. The highest BCUT2D eigenvalue weighted by Gasteiger charge is 2.32. The third kappa shape index (κ3) is 5.34. The molecule has 0 spiro atoms. The molecule has 0 unspecified atom stereocenters. The Morgan fingerprint density at radius 2 is 1.90 bits per heavy atom. The van der Waals surface area contributed by atoms with E-state index in [-0.39, 0.29) is 5.91 Å². The first kappa shape index (κ1) is 22.6. The topological polar surface area (TPSA) is 99.7 Å². The molecule has 1 atom stereocenters. The summed E-state index contributed by atoms with van der Waals surface area (Å²) in [7, 11) is 0. The van der Waals surface area contributed by atoms with Crippen LogP contribution in [0.25, 0.3) is 0 Å². The Labute approximate surface area is 190 Å². The van der Waals surface area contributed by atoms with Gasteiger partial charge in [-0.2, -0.15) is 0 Å². The molecule has 4 N–H and O–H groups in total. The molecule has 9 heteroatoms. The van der Waals surface area contributed by atoms with E-state index < -0.39 is 18.6 Å². The molecule has 1 aliphatic rings. The van der Waals surface area contributed by atoms with Crippen LogP contribution in [0.2, 0.25) is 5.02 Å². The van der Waals surface area contributed by atoms with Gasteiger partial charge < -0.3 is 25.8 Å². The van der Waals surface area contributed by atoms with Gasteiger partial charge in [-0.1, -0.05) is 17.7 Å². The summed E-state index contributed by atoms with van der Waals surface area (Å²) in [5.41, 5.74) is 4.29. The van der Waals surface area contributed by atoms with E-state index in [1.165, 1.54) is 0 Å². The number of allylic oxidation sites excluding steroid dienone is 1. The van der Waals surface area contributed by atoms with Crippen LogP contribution in [-0.4, -0.2) is 28.7 Å². The lowest BCUT2D eigenvalue weighted by molar-refractivity contribution is -0.139. The maximum absolute atomic E-state index is 13.3. The van der Waals surface area contributed by atoms with Gasteiger partial charge >= 0.3 is 5.97 Å². The molecule has 0 saturated heterocycles. The fraction of sp³-hybridized carbons (Fsp3) is 0.227. The van der Waals surface area contributed by atoms with Gasteiger partial charge in [0.15, 0.2) is 11.7 Å². The highest BCUT2D eigenvalue weighted by Crippen LogP contribution is 2.35. The van der Waals surface area contributed by atoms with E-state index in [0.717, 1.165) is 11.1 Å². The summed E-state index contributed by atoms with van der Waals surface area (Å²) in [5, 5.41) is 18.7. The zero-order valence-corrected chi connectivity index (χ0v) is 18.8. The van der Waals surface area contributed by atoms with E-state index >= 15 is 0 Å². The summed E-state index contributed by atoms with van der Waals surface area (Å²) in [6.07, 6.45) is 0. The Morgan fingerprint density at radius 3 is 2.58 bits per heavy atom. The Kier molecular flexibility index (Phi) is 6.82. The molecule has 3 rings (SSSR count). The van der Waals surface area contributed by atoms with Crippen LogP contribution in [-0.2, 0) is 9.59 Å². The normalized spacial score (nSPS) is 15.7. The van der Waals surface area contributed by atoms with Crippen LogP contribution in [0.4, 0.5) is 5.69 Å². The smallest absolute Gasteiger partial charge is 0.341 e. The minimum Gasteiger partial charge on any atom is -0.482 e. The van der Waals surface area contributed by atoms with Crippen molar-refractivity contribution in [2.45, 2.75) is 26.8 Å². The minimum absolute atomic E-state index is 0.290. The zero-order chi connectivity index (χ0) is 22.7. The first-order chi connectivity index (χ1) is 14.7. The Balaban J connectivity index is 2.00. The second-order valence-corrected chi connectivity index (χ2v) is 8.03. The number of hydrogen-bond donors (Lipinski definition) is 4. The molecule has 1 heterocycles. The van der Waals surface area contributed by atoms with Crippen LogP contribution >= 0.6 is 23.8 Å². The lowest BCUT2D eigenvalue weighted by Gasteiger charge is -2.31. The summed E-state index contributed by atoms with van der Waals surface area (Å²) in [5.74, 6) is -1.16.